The summed E-state index contributed by atoms with van der Waals surface area (Å²) in [6.07, 6.45) is 0.784. The molecule has 0 saturated carbocycles. The second kappa shape index (κ2) is 7.36. The molecule has 0 radical (unpaired) electrons. The van der Waals surface area contributed by atoms with Crippen LogP contribution in [0.1, 0.15) is 10.4 Å². The SMILES string of the molecule is O=C(Oc1[c]([Tl])c(F)c(F)c(F)[c]1[Tl])c1coc2cc(F)ccc2c1=O. The van der Waals surface area contributed by atoms with Crippen LogP contribution < -0.4 is 16.4 Å². The van der Waals surface area contributed by atoms with Crippen molar-refractivity contribution in [2.75, 3.05) is 0 Å². The standard InChI is InChI=1S/C16H4F4O4.2Tl/c17-7-1-2-9-13(3-7)23-6-10(15(9)21)16(22)24-8-4-11(18)14(20)12(19)5-8;;/h1-3,6H;;. The zero-order valence-electron chi connectivity index (χ0n) is 12.6. The van der Waals surface area contributed by atoms with Crippen molar-refractivity contribution in [1.82, 2.24) is 0 Å². The van der Waals surface area contributed by atoms with Gasteiger partial charge in [0, 0.05) is 0 Å². The Kier molecular flexibility index (Phi) is 5.51. The molecule has 126 valence electrons. The van der Waals surface area contributed by atoms with Gasteiger partial charge < -0.3 is 0 Å². The normalized spacial score (nSPS) is 10.8. The number of esters is 1. The number of fused-ring (bicyclic) bond motifs is 1. The fourth-order valence-electron chi connectivity index (χ4n) is 2.18. The summed E-state index contributed by atoms with van der Waals surface area (Å²) < 4.78 is 63.7. The predicted octanol–water partition coefficient (Wildman–Crippen LogP) is 1.16. The summed E-state index contributed by atoms with van der Waals surface area (Å²) >= 11 is -0.572. The van der Waals surface area contributed by atoms with Crippen LogP contribution in [0.5, 0.6) is 5.75 Å². The second-order valence-corrected chi connectivity index (χ2v) is 9.60. The molecule has 0 N–H and O–H groups in total. The van der Waals surface area contributed by atoms with Crippen molar-refractivity contribution < 1.29 is 31.5 Å². The molecule has 0 unspecified atom stereocenters. The van der Waals surface area contributed by atoms with E-state index in [0.29, 0.717) is 0 Å². The number of carbonyl (C=O) groups excluding carboxylic acids is 1. The van der Waals surface area contributed by atoms with E-state index < -0.39 is 40.2 Å². The maximum atomic E-state index is 13.7. The van der Waals surface area contributed by atoms with Crippen molar-refractivity contribution in [3.05, 3.63) is 63.5 Å². The molecule has 2 aromatic carbocycles. The van der Waals surface area contributed by atoms with E-state index in [1.54, 1.807) is 0 Å². The third-order valence-electron chi connectivity index (χ3n) is 3.50. The molecule has 0 aliphatic rings. The van der Waals surface area contributed by atoms with E-state index in [4.69, 9.17) is 9.15 Å². The van der Waals surface area contributed by atoms with Gasteiger partial charge in [0.05, 0.1) is 0 Å². The Morgan fingerprint density at radius 1 is 1.00 bits per heavy atom. The minimum absolute atomic E-state index is 0.0572. The van der Waals surface area contributed by atoms with Gasteiger partial charge in [-0.3, -0.25) is 0 Å². The van der Waals surface area contributed by atoms with Crippen molar-refractivity contribution >= 4 is 74.7 Å². The molecule has 26 heavy (non-hydrogen) atoms. The van der Waals surface area contributed by atoms with Crippen molar-refractivity contribution in [1.29, 1.82) is 0 Å². The molecule has 0 spiro atoms. The van der Waals surface area contributed by atoms with E-state index in [2.05, 4.69) is 0 Å². The van der Waals surface area contributed by atoms with Gasteiger partial charge in [0.2, 0.25) is 0 Å². The van der Waals surface area contributed by atoms with Crippen molar-refractivity contribution in [2.45, 2.75) is 0 Å². The Morgan fingerprint density at radius 3 is 2.23 bits per heavy atom. The molecule has 0 aliphatic carbocycles. The molecule has 0 aliphatic heterocycles. The molecule has 10 heteroatoms. The van der Waals surface area contributed by atoms with E-state index in [-0.39, 0.29) is 74.5 Å². The molecule has 0 atom stereocenters. The summed E-state index contributed by atoms with van der Waals surface area (Å²) in [5.41, 5.74) is -1.38. The van der Waals surface area contributed by atoms with Gasteiger partial charge in [-0.15, -0.1) is 0 Å². The predicted molar refractivity (Wildman–Crippen MR) is 84.5 cm³/mol. The first-order chi connectivity index (χ1) is 12.2. The molecular formula is C16H4F4O4Tl2. The van der Waals surface area contributed by atoms with Crippen molar-refractivity contribution in [3.8, 4) is 5.75 Å². The van der Waals surface area contributed by atoms with Gasteiger partial charge in [0.25, 0.3) is 0 Å². The number of carbonyl (C=O) groups is 1. The summed E-state index contributed by atoms with van der Waals surface area (Å²) in [6.45, 7) is 0. The monoisotopic (exact) mass is 746 g/mol. The van der Waals surface area contributed by atoms with E-state index in [1.807, 2.05) is 0 Å². The van der Waals surface area contributed by atoms with Gasteiger partial charge in [-0.1, -0.05) is 0 Å². The molecule has 1 heterocycles. The first-order valence-electron chi connectivity index (χ1n) is 6.87. The number of hydrogen-bond donors (Lipinski definition) is 0. The zero-order valence-corrected chi connectivity index (χ0v) is 21.6. The van der Waals surface area contributed by atoms with E-state index in [0.717, 1.165) is 24.5 Å². The summed E-state index contributed by atoms with van der Waals surface area (Å²) in [5, 5.41) is -0.0572. The first-order valence-corrected chi connectivity index (χ1v) is 11.4. The Bertz CT molecular complexity index is 1100. The van der Waals surface area contributed by atoms with Crippen LogP contribution in [0, 0.1) is 23.3 Å². The van der Waals surface area contributed by atoms with Gasteiger partial charge in [-0.25, -0.2) is 0 Å². The molecule has 1 aromatic heterocycles. The summed E-state index contributed by atoms with van der Waals surface area (Å²) in [4.78, 5) is 24.7. The van der Waals surface area contributed by atoms with Crippen molar-refractivity contribution in [2.24, 2.45) is 0 Å². The fourth-order valence-corrected chi connectivity index (χ4v) is 7.35. The fraction of sp³-hybridized carbons (Fsp3) is 0. The Labute approximate surface area is 174 Å². The van der Waals surface area contributed by atoms with Crippen LogP contribution in [0.2, 0.25) is 0 Å². The maximum absolute atomic E-state index is 13.7. The number of halogens is 4. The van der Waals surface area contributed by atoms with Crippen LogP contribution in [-0.4, -0.2) is 57.5 Å². The molecule has 4 nitrogen and oxygen atoms in total. The van der Waals surface area contributed by atoms with Gasteiger partial charge in [0.15, 0.2) is 0 Å². The quantitative estimate of drug-likeness (QED) is 0.130. The van der Waals surface area contributed by atoms with E-state index in [9.17, 15) is 27.2 Å². The minimum atomic E-state index is -1.60. The molecule has 3 aromatic rings. The van der Waals surface area contributed by atoms with Gasteiger partial charge >= 0.3 is 175 Å². The third-order valence-corrected chi connectivity index (χ3v) is 7.51. The van der Waals surface area contributed by atoms with Gasteiger partial charge in [-0.2, -0.15) is 0 Å². The van der Waals surface area contributed by atoms with E-state index >= 15 is 0 Å². The van der Waals surface area contributed by atoms with Crippen LogP contribution >= 0.6 is 0 Å². The molecule has 3 rings (SSSR count). The Hall–Kier alpha value is -1.32. The summed E-state index contributed by atoms with van der Waals surface area (Å²) in [5.74, 6) is -6.62. The second-order valence-electron chi connectivity index (χ2n) is 5.11. The van der Waals surface area contributed by atoms with Crippen molar-refractivity contribution in [3.63, 3.8) is 0 Å². The number of ether oxygens (including phenoxy) is 1. The number of benzene rings is 2. The molecule has 0 bridgehead atoms. The Morgan fingerprint density at radius 2 is 1.62 bits per heavy atom. The van der Waals surface area contributed by atoms with Crippen LogP contribution in [0.25, 0.3) is 11.0 Å². The molecule has 0 amide bonds. The van der Waals surface area contributed by atoms with Gasteiger partial charge in [-0.05, 0) is 0 Å². The van der Waals surface area contributed by atoms with Crippen LogP contribution in [0.3, 0.4) is 0 Å². The molecule has 0 fully saturated rings. The van der Waals surface area contributed by atoms with Crippen LogP contribution in [-0.2, 0) is 0 Å². The first kappa shape index (κ1) is 19.4. The molecular weight excluding hydrogens is 741 g/mol. The van der Waals surface area contributed by atoms with Gasteiger partial charge in [0.1, 0.15) is 0 Å². The zero-order chi connectivity index (χ0) is 19.2. The topological polar surface area (TPSA) is 56.5 Å². The average Bonchev–Trinajstić information content (AvgIpc) is 2.62. The summed E-state index contributed by atoms with van der Waals surface area (Å²) in [7, 11) is 0. The number of rotatable bonds is 2. The molecule has 0 saturated heterocycles. The van der Waals surface area contributed by atoms with Crippen LogP contribution in [0.4, 0.5) is 17.6 Å². The van der Waals surface area contributed by atoms with Crippen LogP contribution in [0.15, 0.2) is 33.7 Å². The van der Waals surface area contributed by atoms with E-state index in [1.165, 1.54) is 0 Å². The number of hydrogen-bond acceptors (Lipinski definition) is 4. The summed E-state index contributed by atoms with van der Waals surface area (Å²) in [6, 6.07) is 3.14. The Balaban J connectivity index is 2.07. The third kappa shape index (κ3) is 3.32. The average molecular weight is 745 g/mol.